The Bertz CT molecular complexity index is 341. The van der Waals surface area contributed by atoms with Crippen molar-refractivity contribution in [3.63, 3.8) is 0 Å². The van der Waals surface area contributed by atoms with E-state index in [1.165, 1.54) is 25.1 Å². The first-order valence-electron chi connectivity index (χ1n) is 5.76. The second-order valence-corrected chi connectivity index (χ2v) is 5.04. The average Bonchev–Trinajstić information content (AvgIpc) is 2.93. The SMILES string of the molecule is CNC1CC12CN(Cc1ccccc1)C2. The van der Waals surface area contributed by atoms with E-state index < -0.39 is 0 Å². The molecule has 2 fully saturated rings. The quantitative estimate of drug-likeness (QED) is 0.798. The standard InChI is InChI=1S/C13H18N2/c1-14-12-7-13(12)9-15(10-13)8-11-5-3-2-4-6-11/h2-6,12,14H,7-10H2,1H3. The largest absolute Gasteiger partial charge is 0.316 e. The summed E-state index contributed by atoms with van der Waals surface area (Å²) in [5.74, 6) is 0. The van der Waals surface area contributed by atoms with Crippen LogP contribution in [0.4, 0.5) is 0 Å². The highest BCUT2D eigenvalue weighted by Crippen LogP contribution is 2.53. The van der Waals surface area contributed by atoms with Crippen LogP contribution in [0.1, 0.15) is 12.0 Å². The predicted molar refractivity (Wildman–Crippen MR) is 61.6 cm³/mol. The zero-order valence-electron chi connectivity index (χ0n) is 9.24. The first-order valence-corrected chi connectivity index (χ1v) is 5.76. The summed E-state index contributed by atoms with van der Waals surface area (Å²) < 4.78 is 0. The van der Waals surface area contributed by atoms with Crippen LogP contribution in [0.25, 0.3) is 0 Å². The van der Waals surface area contributed by atoms with Crippen LogP contribution in [-0.4, -0.2) is 31.1 Å². The molecule has 1 N–H and O–H groups in total. The number of likely N-dealkylation sites (tertiary alicyclic amines) is 1. The van der Waals surface area contributed by atoms with Crippen LogP contribution < -0.4 is 5.32 Å². The van der Waals surface area contributed by atoms with E-state index in [0.717, 1.165) is 12.6 Å². The molecule has 0 amide bonds. The van der Waals surface area contributed by atoms with Gasteiger partial charge in [0, 0.05) is 31.1 Å². The summed E-state index contributed by atoms with van der Waals surface area (Å²) in [4.78, 5) is 2.55. The number of benzene rings is 1. The lowest BCUT2D eigenvalue weighted by atomic mass is 9.95. The highest BCUT2D eigenvalue weighted by Gasteiger charge is 2.60. The summed E-state index contributed by atoms with van der Waals surface area (Å²) >= 11 is 0. The Morgan fingerprint density at radius 2 is 2.07 bits per heavy atom. The third kappa shape index (κ3) is 1.58. The summed E-state index contributed by atoms with van der Waals surface area (Å²) in [5, 5.41) is 3.39. The molecular formula is C13H18N2. The van der Waals surface area contributed by atoms with Crippen molar-refractivity contribution in [2.45, 2.75) is 19.0 Å². The number of nitrogens with zero attached hydrogens (tertiary/aromatic N) is 1. The van der Waals surface area contributed by atoms with Gasteiger partial charge in [-0.1, -0.05) is 30.3 Å². The van der Waals surface area contributed by atoms with E-state index in [2.05, 4.69) is 47.6 Å². The van der Waals surface area contributed by atoms with Crippen molar-refractivity contribution in [2.24, 2.45) is 5.41 Å². The Balaban J connectivity index is 1.53. The highest BCUT2D eigenvalue weighted by molar-refractivity contribution is 5.19. The van der Waals surface area contributed by atoms with Crippen molar-refractivity contribution >= 4 is 0 Å². The maximum absolute atomic E-state index is 3.39. The molecule has 1 heterocycles. The predicted octanol–water partition coefficient (Wildman–Crippen LogP) is 1.48. The summed E-state index contributed by atoms with van der Waals surface area (Å²) in [5.41, 5.74) is 2.10. The Labute approximate surface area is 91.3 Å². The molecule has 1 spiro atoms. The molecule has 0 bridgehead atoms. The Hall–Kier alpha value is -0.860. The first kappa shape index (κ1) is 9.37. The first-order chi connectivity index (χ1) is 7.32. The minimum Gasteiger partial charge on any atom is -0.316 e. The molecule has 1 aliphatic carbocycles. The van der Waals surface area contributed by atoms with Gasteiger partial charge in [-0.05, 0) is 19.0 Å². The maximum Gasteiger partial charge on any atom is 0.0234 e. The molecule has 0 radical (unpaired) electrons. The van der Waals surface area contributed by atoms with E-state index in [9.17, 15) is 0 Å². The third-order valence-electron chi connectivity index (χ3n) is 3.86. The van der Waals surface area contributed by atoms with Crippen LogP contribution in [-0.2, 0) is 6.54 Å². The van der Waals surface area contributed by atoms with E-state index in [1.54, 1.807) is 0 Å². The minimum absolute atomic E-state index is 0.656. The number of hydrogen-bond donors (Lipinski definition) is 1. The Kier molecular flexibility index (Phi) is 2.08. The van der Waals surface area contributed by atoms with Crippen LogP contribution in [0.2, 0.25) is 0 Å². The van der Waals surface area contributed by atoms with Gasteiger partial charge in [0.15, 0.2) is 0 Å². The van der Waals surface area contributed by atoms with E-state index in [1.807, 2.05) is 0 Å². The normalized spacial score (nSPS) is 27.7. The molecule has 1 aromatic rings. The molecule has 2 aliphatic rings. The van der Waals surface area contributed by atoms with Crippen LogP contribution in [0.15, 0.2) is 30.3 Å². The van der Waals surface area contributed by atoms with E-state index in [-0.39, 0.29) is 0 Å². The molecule has 3 rings (SSSR count). The topological polar surface area (TPSA) is 15.3 Å². The molecule has 1 atom stereocenters. The molecule has 1 aromatic carbocycles. The van der Waals surface area contributed by atoms with Gasteiger partial charge in [-0.2, -0.15) is 0 Å². The fraction of sp³-hybridized carbons (Fsp3) is 0.538. The van der Waals surface area contributed by atoms with Gasteiger partial charge in [-0.25, -0.2) is 0 Å². The van der Waals surface area contributed by atoms with Gasteiger partial charge in [0.05, 0.1) is 0 Å². The van der Waals surface area contributed by atoms with Crippen molar-refractivity contribution in [2.75, 3.05) is 20.1 Å². The van der Waals surface area contributed by atoms with Gasteiger partial charge in [-0.15, -0.1) is 0 Å². The summed E-state index contributed by atoms with van der Waals surface area (Å²) in [7, 11) is 2.08. The lowest BCUT2D eigenvalue weighted by Crippen LogP contribution is -2.50. The lowest BCUT2D eigenvalue weighted by molar-refractivity contribution is 0.0669. The van der Waals surface area contributed by atoms with Crippen LogP contribution in [0, 0.1) is 5.41 Å². The molecule has 80 valence electrons. The van der Waals surface area contributed by atoms with Crippen LogP contribution >= 0.6 is 0 Å². The average molecular weight is 202 g/mol. The second-order valence-electron chi connectivity index (χ2n) is 5.04. The zero-order chi connectivity index (χ0) is 10.3. The monoisotopic (exact) mass is 202 g/mol. The minimum atomic E-state index is 0.656. The molecule has 1 saturated heterocycles. The molecule has 0 aromatic heterocycles. The number of hydrogen-bond acceptors (Lipinski definition) is 2. The van der Waals surface area contributed by atoms with Crippen LogP contribution in [0.3, 0.4) is 0 Å². The summed E-state index contributed by atoms with van der Waals surface area (Å²) in [6, 6.07) is 11.6. The second kappa shape index (κ2) is 3.32. The summed E-state index contributed by atoms with van der Waals surface area (Å²) in [6.07, 6.45) is 1.38. The fourth-order valence-electron chi connectivity index (χ4n) is 2.90. The lowest BCUT2D eigenvalue weighted by Gasteiger charge is -2.41. The van der Waals surface area contributed by atoms with E-state index in [0.29, 0.717) is 5.41 Å². The summed E-state index contributed by atoms with van der Waals surface area (Å²) in [6.45, 7) is 3.69. The molecule has 15 heavy (non-hydrogen) atoms. The van der Waals surface area contributed by atoms with Crippen molar-refractivity contribution in [3.8, 4) is 0 Å². The fourth-order valence-corrected chi connectivity index (χ4v) is 2.90. The molecule has 2 heteroatoms. The smallest absolute Gasteiger partial charge is 0.0234 e. The molecular weight excluding hydrogens is 184 g/mol. The molecule has 2 nitrogen and oxygen atoms in total. The molecule has 1 unspecified atom stereocenters. The zero-order valence-corrected chi connectivity index (χ0v) is 9.24. The molecule has 1 aliphatic heterocycles. The van der Waals surface area contributed by atoms with E-state index in [4.69, 9.17) is 0 Å². The van der Waals surface area contributed by atoms with Crippen molar-refractivity contribution in [3.05, 3.63) is 35.9 Å². The van der Waals surface area contributed by atoms with Crippen molar-refractivity contribution < 1.29 is 0 Å². The van der Waals surface area contributed by atoms with Crippen molar-refractivity contribution in [1.82, 2.24) is 10.2 Å². The van der Waals surface area contributed by atoms with Gasteiger partial charge in [0.1, 0.15) is 0 Å². The van der Waals surface area contributed by atoms with Gasteiger partial charge < -0.3 is 5.32 Å². The van der Waals surface area contributed by atoms with Gasteiger partial charge in [-0.3, -0.25) is 4.90 Å². The molecule has 1 saturated carbocycles. The number of nitrogens with one attached hydrogen (secondary N) is 1. The number of rotatable bonds is 3. The Morgan fingerprint density at radius 3 is 2.67 bits per heavy atom. The third-order valence-corrected chi connectivity index (χ3v) is 3.86. The maximum atomic E-state index is 3.39. The van der Waals surface area contributed by atoms with Crippen molar-refractivity contribution in [1.29, 1.82) is 0 Å². The van der Waals surface area contributed by atoms with Gasteiger partial charge in [0.2, 0.25) is 0 Å². The van der Waals surface area contributed by atoms with Gasteiger partial charge in [0.25, 0.3) is 0 Å². The van der Waals surface area contributed by atoms with Crippen LogP contribution in [0.5, 0.6) is 0 Å². The van der Waals surface area contributed by atoms with Gasteiger partial charge >= 0.3 is 0 Å². The Morgan fingerprint density at radius 1 is 1.33 bits per heavy atom. The highest BCUT2D eigenvalue weighted by atomic mass is 15.3. The van der Waals surface area contributed by atoms with E-state index >= 15 is 0 Å².